The molecule has 1 saturated carbocycles. The third-order valence-electron chi connectivity index (χ3n) is 3.07. The Labute approximate surface area is 91.3 Å². The highest BCUT2D eigenvalue weighted by Gasteiger charge is 2.20. The smallest absolute Gasteiger partial charge is 0.223 e. The molecule has 3 heteroatoms. The van der Waals surface area contributed by atoms with E-state index in [9.17, 15) is 4.79 Å². The fraction of sp³-hybridized carbons (Fsp3) is 0.750. The van der Waals surface area contributed by atoms with Gasteiger partial charge in [-0.1, -0.05) is 12.2 Å². The quantitative estimate of drug-likeness (QED) is 0.527. The molecule has 1 atom stereocenters. The minimum absolute atomic E-state index is 0.218. The normalized spacial score (nSPS) is 25.2. The van der Waals surface area contributed by atoms with E-state index in [0.717, 1.165) is 38.4 Å². The molecular weight excluding hydrogens is 188 g/mol. The first-order valence-electron chi connectivity index (χ1n) is 6.02. The fourth-order valence-corrected chi connectivity index (χ4v) is 1.93. The molecule has 1 fully saturated rings. The summed E-state index contributed by atoms with van der Waals surface area (Å²) < 4.78 is 0. The van der Waals surface area contributed by atoms with Crippen LogP contribution in [0.3, 0.4) is 0 Å². The molecule has 15 heavy (non-hydrogen) atoms. The Morgan fingerprint density at radius 2 is 2.07 bits per heavy atom. The predicted octanol–water partition coefficient (Wildman–Crippen LogP) is 1.21. The Bertz CT molecular complexity index is 246. The number of nitrogens with one attached hydrogen (secondary N) is 2. The Morgan fingerprint density at radius 1 is 1.20 bits per heavy atom. The lowest BCUT2D eigenvalue weighted by molar-refractivity contribution is -0.125. The van der Waals surface area contributed by atoms with Crippen LogP contribution in [0.5, 0.6) is 0 Å². The van der Waals surface area contributed by atoms with Crippen molar-refractivity contribution in [2.75, 3.05) is 13.1 Å². The molecular formula is C12H20N2O. The third kappa shape index (κ3) is 3.67. The topological polar surface area (TPSA) is 41.1 Å². The summed E-state index contributed by atoms with van der Waals surface area (Å²) in [4.78, 5) is 11.7. The van der Waals surface area contributed by atoms with Gasteiger partial charge < -0.3 is 10.6 Å². The molecule has 0 spiro atoms. The molecule has 0 bridgehead atoms. The summed E-state index contributed by atoms with van der Waals surface area (Å²) in [6, 6.07) is 0.736. The van der Waals surface area contributed by atoms with Crippen LogP contribution in [0.15, 0.2) is 12.2 Å². The van der Waals surface area contributed by atoms with Crippen LogP contribution in [-0.2, 0) is 4.79 Å². The molecule has 0 aromatic carbocycles. The first-order chi connectivity index (χ1) is 7.36. The van der Waals surface area contributed by atoms with Gasteiger partial charge in [-0.2, -0.15) is 0 Å². The van der Waals surface area contributed by atoms with Crippen molar-refractivity contribution in [1.29, 1.82) is 0 Å². The van der Waals surface area contributed by atoms with Gasteiger partial charge in [-0.15, -0.1) is 0 Å². The van der Waals surface area contributed by atoms with Gasteiger partial charge in [-0.3, -0.25) is 4.79 Å². The van der Waals surface area contributed by atoms with Gasteiger partial charge in [0.15, 0.2) is 0 Å². The Morgan fingerprint density at radius 3 is 2.73 bits per heavy atom. The molecule has 0 aliphatic heterocycles. The van der Waals surface area contributed by atoms with Gasteiger partial charge in [0.2, 0.25) is 5.91 Å². The van der Waals surface area contributed by atoms with Gasteiger partial charge in [0.25, 0.3) is 0 Å². The molecule has 0 radical (unpaired) electrons. The van der Waals surface area contributed by atoms with Crippen LogP contribution in [-0.4, -0.2) is 25.0 Å². The van der Waals surface area contributed by atoms with Crippen LogP contribution in [0.2, 0.25) is 0 Å². The Balaban J connectivity index is 1.56. The molecule has 1 unspecified atom stereocenters. The molecule has 2 aliphatic carbocycles. The van der Waals surface area contributed by atoms with Gasteiger partial charge in [-0.05, 0) is 32.1 Å². The van der Waals surface area contributed by atoms with E-state index in [0.29, 0.717) is 0 Å². The average Bonchev–Trinajstić information content (AvgIpc) is 3.09. The van der Waals surface area contributed by atoms with Crippen molar-refractivity contribution in [3.05, 3.63) is 12.2 Å². The number of rotatable bonds is 5. The Hall–Kier alpha value is -0.830. The van der Waals surface area contributed by atoms with E-state index in [4.69, 9.17) is 0 Å². The lowest BCUT2D eigenvalue weighted by Gasteiger charge is -2.17. The average molecular weight is 208 g/mol. The van der Waals surface area contributed by atoms with Crippen LogP contribution in [0.1, 0.15) is 32.1 Å². The number of hydrogen-bond donors (Lipinski definition) is 2. The standard InChI is InChI=1S/C12H20N2O/c15-12(10-4-2-1-3-5-10)14-9-8-13-11-6-7-11/h1-2,10-11,13H,3-9H2,(H,14,15). The molecule has 0 aromatic rings. The van der Waals surface area contributed by atoms with Crippen LogP contribution >= 0.6 is 0 Å². The first-order valence-corrected chi connectivity index (χ1v) is 6.02. The maximum Gasteiger partial charge on any atom is 0.223 e. The highest BCUT2D eigenvalue weighted by molar-refractivity contribution is 5.78. The largest absolute Gasteiger partial charge is 0.355 e. The zero-order valence-corrected chi connectivity index (χ0v) is 9.17. The van der Waals surface area contributed by atoms with Crippen molar-refractivity contribution in [2.45, 2.75) is 38.1 Å². The summed E-state index contributed by atoms with van der Waals surface area (Å²) in [6.07, 6.45) is 9.88. The fourth-order valence-electron chi connectivity index (χ4n) is 1.93. The highest BCUT2D eigenvalue weighted by Crippen LogP contribution is 2.18. The van der Waals surface area contributed by atoms with Crippen LogP contribution in [0.4, 0.5) is 0 Å². The van der Waals surface area contributed by atoms with Gasteiger partial charge in [-0.25, -0.2) is 0 Å². The maximum atomic E-state index is 11.7. The van der Waals surface area contributed by atoms with Crippen molar-refractivity contribution in [1.82, 2.24) is 10.6 Å². The van der Waals surface area contributed by atoms with E-state index < -0.39 is 0 Å². The number of hydrogen-bond acceptors (Lipinski definition) is 2. The Kier molecular flexibility index (Phi) is 3.78. The summed E-state index contributed by atoms with van der Waals surface area (Å²) in [6.45, 7) is 1.69. The lowest BCUT2D eigenvalue weighted by atomic mass is 9.94. The lowest BCUT2D eigenvalue weighted by Crippen LogP contribution is -2.36. The van der Waals surface area contributed by atoms with E-state index in [1.54, 1.807) is 0 Å². The minimum atomic E-state index is 0.218. The molecule has 0 aromatic heterocycles. The zero-order valence-electron chi connectivity index (χ0n) is 9.17. The summed E-state index contributed by atoms with van der Waals surface area (Å²) in [5.41, 5.74) is 0. The van der Waals surface area contributed by atoms with Crippen LogP contribution in [0.25, 0.3) is 0 Å². The first kappa shape index (κ1) is 10.7. The molecule has 84 valence electrons. The SMILES string of the molecule is O=C(NCCNC1CC1)C1CC=CCC1. The summed E-state index contributed by atoms with van der Waals surface area (Å²) >= 11 is 0. The zero-order chi connectivity index (χ0) is 10.5. The van der Waals surface area contributed by atoms with Crippen molar-refractivity contribution in [3.63, 3.8) is 0 Å². The van der Waals surface area contributed by atoms with Crippen LogP contribution in [0, 0.1) is 5.92 Å². The molecule has 1 amide bonds. The van der Waals surface area contributed by atoms with Gasteiger partial charge in [0.1, 0.15) is 0 Å². The van der Waals surface area contributed by atoms with Gasteiger partial charge in [0, 0.05) is 25.0 Å². The monoisotopic (exact) mass is 208 g/mol. The summed E-state index contributed by atoms with van der Waals surface area (Å²) in [5.74, 6) is 0.452. The van der Waals surface area contributed by atoms with Crippen LogP contribution < -0.4 is 10.6 Å². The summed E-state index contributed by atoms with van der Waals surface area (Å²) in [5, 5.41) is 6.39. The molecule has 0 heterocycles. The number of carbonyl (C=O) groups excluding carboxylic acids is 1. The molecule has 0 saturated heterocycles. The second-order valence-electron chi connectivity index (χ2n) is 4.50. The molecule has 2 N–H and O–H groups in total. The maximum absolute atomic E-state index is 11.7. The van der Waals surface area contributed by atoms with Crippen molar-refractivity contribution in [3.8, 4) is 0 Å². The van der Waals surface area contributed by atoms with E-state index in [1.165, 1.54) is 12.8 Å². The number of allylic oxidation sites excluding steroid dienone is 2. The molecule has 2 rings (SSSR count). The van der Waals surface area contributed by atoms with E-state index in [-0.39, 0.29) is 11.8 Å². The predicted molar refractivity (Wildman–Crippen MR) is 60.5 cm³/mol. The van der Waals surface area contributed by atoms with Crippen molar-refractivity contribution >= 4 is 5.91 Å². The van der Waals surface area contributed by atoms with Crippen molar-refractivity contribution in [2.24, 2.45) is 5.92 Å². The van der Waals surface area contributed by atoms with Gasteiger partial charge in [0.05, 0.1) is 0 Å². The molecule has 2 aliphatic rings. The second kappa shape index (κ2) is 5.31. The summed E-state index contributed by atoms with van der Waals surface area (Å²) in [7, 11) is 0. The number of carbonyl (C=O) groups is 1. The minimum Gasteiger partial charge on any atom is -0.355 e. The van der Waals surface area contributed by atoms with E-state index in [1.807, 2.05) is 0 Å². The van der Waals surface area contributed by atoms with Crippen molar-refractivity contribution < 1.29 is 4.79 Å². The highest BCUT2D eigenvalue weighted by atomic mass is 16.1. The second-order valence-corrected chi connectivity index (χ2v) is 4.50. The van der Waals surface area contributed by atoms with E-state index in [2.05, 4.69) is 22.8 Å². The van der Waals surface area contributed by atoms with E-state index >= 15 is 0 Å². The number of amides is 1. The van der Waals surface area contributed by atoms with Gasteiger partial charge >= 0.3 is 0 Å². The molecule has 3 nitrogen and oxygen atoms in total. The third-order valence-corrected chi connectivity index (χ3v) is 3.07.